The molecule has 1 aliphatic heterocycles. The van der Waals surface area contributed by atoms with Gasteiger partial charge >= 0.3 is 0 Å². The predicted octanol–water partition coefficient (Wildman–Crippen LogP) is 3.08. The number of benzene rings is 2. The number of morpholine rings is 1. The standard InChI is InChI=1S/C20H24ClN3OS2/c21-16-7-8-19(27-17-5-2-1-3-6-17)18(15-16)23-20(26)22-9-4-10-24-11-13-25-14-12-24/h1-3,5-8,15H,4,9-14H2,(H2,22,23,26)/p+1. The smallest absolute Gasteiger partial charge is 0.170 e. The van der Waals surface area contributed by atoms with Gasteiger partial charge in [0.15, 0.2) is 5.11 Å². The Morgan fingerprint density at radius 1 is 1.15 bits per heavy atom. The van der Waals surface area contributed by atoms with E-state index in [0.717, 1.165) is 56.4 Å². The van der Waals surface area contributed by atoms with E-state index < -0.39 is 0 Å². The van der Waals surface area contributed by atoms with E-state index in [0.29, 0.717) is 10.1 Å². The van der Waals surface area contributed by atoms with E-state index >= 15 is 0 Å². The summed E-state index contributed by atoms with van der Waals surface area (Å²) in [6, 6.07) is 16.1. The van der Waals surface area contributed by atoms with Crippen molar-refractivity contribution in [1.29, 1.82) is 0 Å². The van der Waals surface area contributed by atoms with Crippen LogP contribution in [0.5, 0.6) is 0 Å². The Labute approximate surface area is 175 Å². The molecule has 0 bridgehead atoms. The molecule has 4 nitrogen and oxygen atoms in total. The maximum Gasteiger partial charge on any atom is 0.170 e. The second kappa shape index (κ2) is 10.9. The van der Waals surface area contributed by atoms with Crippen molar-refractivity contribution in [2.24, 2.45) is 0 Å². The van der Waals surface area contributed by atoms with Gasteiger partial charge in [-0.05, 0) is 42.5 Å². The molecule has 2 aromatic carbocycles. The number of anilines is 1. The Bertz CT molecular complexity index is 739. The molecule has 0 amide bonds. The monoisotopic (exact) mass is 422 g/mol. The molecule has 0 atom stereocenters. The summed E-state index contributed by atoms with van der Waals surface area (Å²) < 4.78 is 5.39. The Balaban J connectivity index is 1.49. The average Bonchev–Trinajstić information content (AvgIpc) is 2.69. The summed E-state index contributed by atoms with van der Waals surface area (Å²) in [5.74, 6) is 0. The highest BCUT2D eigenvalue weighted by molar-refractivity contribution is 7.99. The normalized spacial score (nSPS) is 14.7. The molecule has 1 fully saturated rings. The summed E-state index contributed by atoms with van der Waals surface area (Å²) in [4.78, 5) is 3.88. The van der Waals surface area contributed by atoms with Gasteiger partial charge in [0.1, 0.15) is 13.1 Å². The number of quaternary nitrogens is 1. The van der Waals surface area contributed by atoms with Crippen molar-refractivity contribution in [2.45, 2.75) is 16.2 Å². The Morgan fingerprint density at radius 3 is 2.70 bits per heavy atom. The minimum absolute atomic E-state index is 0.629. The molecule has 0 unspecified atom stereocenters. The quantitative estimate of drug-likeness (QED) is 0.472. The van der Waals surface area contributed by atoms with Crippen molar-refractivity contribution in [2.75, 3.05) is 44.7 Å². The first-order valence-corrected chi connectivity index (χ1v) is 10.8. The van der Waals surface area contributed by atoms with Gasteiger partial charge in [-0.15, -0.1) is 0 Å². The van der Waals surface area contributed by atoms with E-state index in [4.69, 9.17) is 28.6 Å². The van der Waals surface area contributed by atoms with Gasteiger partial charge in [0.05, 0.1) is 25.4 Å². The molecule has 0 spiro atoms. The second-order valence-electron chi connectivity index (χ2n) is 6.40. The van der Waals surface area contributed by atoms with Gasteiger partial charge in [-0.25, -0.2) is 0 Å². The first-order chi connectivity index (χ1) is 13.2. The third-order valence-corrected chi connectivity index (χ3v) is 5.92. The van der Waals surface area contributed by atoms with Gasteiger partial charge in [-0.1, -0.05) is 41.6 Å². The SMILES string of the molecule is S=C(NCCC[NH+]1CCOCC1)Nc1cc(Cl)ccc1Sc1ccccc1. The second-order valence-corrected chi connectivity index (χ2v) is 8.36. The van der Waals surface area contributed by atoms with Crippen LogP contribution in [0.25, 0.3) is 0 Å². The Kier molecular flexibility index (Phi) is 8.23. The first kappa shape index (κ1) is 20.4. The van der Waals surface area contributed by atoms with Gasteiger partial charge in [0.25, 0.3) is 0 Å². The molecule has 1 heterocycles. The van der Waals surface area contributed by atoms with Gasteiger partial charge in [-0.2, -0.15) is 0 Å². The van der Waals surface area contributed by atoms with Crippen LogP contribution in [-0.4, -0.2) is 44.5 Å². The lowest BCUT2D eigenvalue weighted by Crippen LogP contribution is -3.14. The van der Waals surface area contributed by atoms with Crippen LogP contribution < -0.4 is 15.5 Å². The van der Waals surface area contributed by atoms with Crippen LogP contribution >= 0.6 is 35.6 Å². The fraction of sp³-hybridized carbons (Fsp3) is 0.350. The maximum atomic E-state index is 6.19. The largest absolute Gasteiger partial charge is 0.370 e. The molecule has 0 aliphatic carbocycles. The minimum Gasteiger partial charge on any atom is -0.370 e. The summed E-state index contributed by atoms with van der Waals surface area (Å²) in [6.07, 6.45) is 1.08. The lowest BCUT2D eigenvalue weighted by molar-refractivity contribution is -0.908. The molecule has 0 aromatic heterocycles. The summed E-state index contributed by atoms with van der Waals surface area (Å²) in [7, 11) is 0. The number of nitrogens with one attached hydrogen (secondary N) is 3. The van der Waals surface area contributed by atoms with Crippen LogP contribution in [0.3, 0.4) is 0 Å². The van der Waals surface area contributed by atoms with Gasteiger partial charge < -0.3 is 20.3 Å². The highest BCUT2D eigenvalue weighted by Crippen LogP contribution is 2.35. The van der Waals surface area contributed by atoms with E-state index in [1.165, 1.54) is 4.90 Å². The fourth-order valence-corrected chi connectivity index (χ4v) is 4.21. The van der Waals surface area contributed by atoms with Crippen molar-refractivity contribution in [3.8, 4) is 0 Å². The molecule has 1 saturated heterocycles. The molecule has 144 valence electrons. The highest BCUT2D eigenvalue weighted by atomic mass is 35.5. The van der Waals surface area contributed by atoms with Crippen LogP contribution in [0, 0.1) is 0 Å². The number of halogens is 1. The van der Waals surface area contributed by atoms with Crippen LogP contribution in [0.1, 0.15) is 6.42 Å². The van der Waals surface area contributed by atoms with E-state index in [1.807, 2.05) is 36.4 Å². The molecule has 1 aliphatic rings. The third-order valence-electron chi connectivity index (χ3n) is 4.35. The van der Waals surface area contributed by atoms with Crippen molar-refractivity contribution in [3.63, 3.8) is 0 Å². The summed E-state index contributed by atoms with van der Waals surface area (Å²) in [6.45, 7) is 5.96. The van der Waals surface area contributed by atoms with Crippen LogP contribution in [0.2, 0.25) is 5.02 Å². The zero-order valence-electron chi connectivity index (χ0n) is 15.2. The van der Waals surface area contributed by atoms with Crippen molar-refractivity contribution >= 4 is 46.4 Å². The number of thiocarbonyl (C=S) groups is 1. The number of ether oxygens (including phenoxy) is 1. The fourth-order valence-electron chi connectivity index (χ4n) is 2.92. The zero-order chi connectivity index (χ0) is 18.9. The molecular weight excluding hydrogens is 398 g/mol. The van der Waals surface area contributed by atoms with Gasteiger partial charge in [0, 0.05) is 27.8 Å². The van der Waals surface area contributed by atoms with Crippen molar-refractivity contribution in [1.82, 2.24) is 5.32 Å². The molecular formula is C20H25ClN3OS2+. The number of hydrogen-bond donors (Lipinski definition) is 3. The number of rotatable bonds is 7. The topological polar surface area (TPSA) is 37.7 Å². The van der Waals surface area contributed by atoms with Crippen molar-refractivity contribution in [3.05, 3.63) is 53.6 Å². The minimum atomic E-state index is 0.629. The average molecular weight is 423 g/mol. The van der Waals surface area contributed by atoms with Crippen LogP contribution in [0.15, 0.2) is 58.3 Å². The molecule has 27 heavy (non-hydrogen) atoms. The molecule has 0 radical (unpaired) electrons. The third kappa shape index (κ3) is 6.97. The summed E-state index contributed by atoms with van der Waals surface area (Å²) in [5.41, 5.74) is 0.924. The number of hydrogen-bond acceptors (Lipinski definition) is 3. The molecule has 7 heteroatoms. The van der Waals surface area contributed by atoms with E-state index in [9.17, 15) is 0 Å². The lowest BCUT2D eigenvalue weighted by Gasteiger charge is -2.23. The lowest BCUT2D eigenvalue weighted by atomic mass is 10.3. The highest BCUT2D eigenvalue weighted by Gasteiger charge is 2.13. The summed E-state index contributed by atoms with van der Waals surface area (Å²) >= 11 is 13.4. The molecule has 3 N–H and O–H groups in total. The first-order valence-electron chi connectivity index (χ1n) is 9.19. The van der Waals surface area contributed by atoms with E-state index in [1.54, 1.807) is 16.7 Å². The van der Waals surface area contributed by atoms with Crippen molar-refractivity contribution < 1.29 is 9.64 Å². The Hall–Kier alpha value is -1.31. The molecule has 2 aromatic rings. The van der Waals surface area contributed by atoms with E-state index in [2.05, 4.69) is 22.8 Å². The molecule has 0 saturated carbocycles. The zero-order valence-corrected chi connectivity index (χ0v) is 17.6. The maximum absolute atomic E-state index is 6.19. The van der Waals surface area contributed by atoms with Gasteiger partial charge in [0.2, 0.25) is 0 Å². The summed E-state index contributed by atoms with van der Waals surface area (Å²) in [5, 5.41) is 7.92. The Morgan fingerprint density at radius 2 is 1.93 bits per heavy atom. The molecule has 3 rings (SSSR count). The van der Waals surface area contributed by atoms with Crippen LogP contribution in [0.4, 0.5) is 5.69 Å². The van der Waals surface area contributed by atoms with E-state index in [-0.39, 0.29) is 0 Å². The van der Waals surface area contributed by atoms with Crippen LogP contribution in [-0.2, 0) is 4.74 Å². The predicted molar refractivity (Wildman–Crippen MR) is 117 cm³/mol. The van der Waals surface area contributed by atoms with Gasteiger partial charge in [-0.3, -0.25) is 0 Å².